The van der Waals surface area contributed by atoms with Crippen molar-refractivity contribution < 1.29 is 0 Å². The third kappa shape index (κ3) is 2.16. The lowest BCUT2D eigenvalue weighted by atomic mass is 10.2. The molecule has 1 aromatic heterocycles. The molecule has 0 amide bonds. The van der Waals surface area contributed by atoms with Crippen molar-refractivity contribution in [1.82, 2.24) is 14.5 Å². The first-order valence-corrected chi connectivity index (χ1v) is 6.12. The summed E-state index contributed by atoms with van der Waals surface area (Å²) in [6.45, 7) is 7.79. The summed E-state index contributed by atoms with van der Waals surface area (Å²) in [4.78, 5) is 5.65. The van der Waals surface area contributed by atoms with Crippen LogP contribution in [0.25, 0.3) is 0 Å². The van der Waals surface area contributed by atoms with E-state index in [4.69, 9.17) is 12.2 Å². The van der Waals surface area contributed by atoms with Crippen molar-refractivity contribution in [3.63, 3.8) is 0 Å². The van der Waals surface area contributed by atoms with Gasteiger partial charge in [0.1, 0.15) is 0 Å². The summed E-state index contributed by atoms with van der Waals surface area (Å²) in [5, 5.41) is 0. The fourth-order valence-corrected chi connectivity index (χ4v) is 2.72. The van der Waals surface area contributed by atoms with Crippen molar-refractivity contribution in [3.05, 3.63) is 16.7 Å². The van der Waals surface area contributed by atoms with E-state index < -0.39 is 0 Å². The summed E-state index contributed by atoms with van der Waals surface area (Å²) in [5.41, 5.74) is 1.24. The SMILES string of the molecule is CCN1CCCC1Cn1c(C)c[nH]c1=S. The smallest absolute Gasteiger partial charge is 0.177 e. The molecule has 3 nitrogen and oxygen atoms in total. The Morgan fingerprint density at radius 3 is 3.00 bits per heavy atom. The summed E-state index contributed by atoms with van der Waals surface area (Å²) in [6.07, 6.45) is 4.63. The van der Waals surface area contributed by atoms with Crippen LogP contribution in [0.5, 0.6) is 0 Å². The fourth-order valence-electron chi connectivity index (χ4n) is 2.44. The molecule has 1 aliphatic rings. The van der Waals surface area contributed by atoms with E-state index in [0.717, 1.165) is 17.9 Å². The number of aryl methyl sites for hydroxylation is 1. The number of H-pyrrole nitrogens is 1. The van der Waals surface area contributed by atoms with Gasteiger partial charge in [-0.1, -0.05) is 6.92 Å². The Kier molecular flexibility index (Phi) is 3.26. The summed E-state index contributed by atoms with van der Waals surface area (Å²) in [7, 11) is 0. The van der Waals surface area contributed by atoms with Gasteiger partial charge >= 0.3 is 0 Å². The Morgan fingerprint density at radius 2 is 2.40 bits per heavy atom. The Morgan fingerprint density at radius 1 is 1.60 bits per heavy atom. The molecule has 0 bridgehead atoms. The molecule has 1 N–H and O–H groups in total. The molecule has 4 heteroatoms. The Balaban J connectivity index is 2.11. The van der Waals surface area contributed by atoms with Gasteiger partial charge < -0.3 is 9.55 Å². The zero-order valence-electron chi connectivity index (χ0n) is 9.49. The maximum absolute atomic E-state index is 5.27. The molecule has 2 rings (SSSR count). The third-order valence-electron chi connectivity index (χ3n) is 3.37. The van der Waals surface area contributed by atoms with Crippen LogP contribution in [0.2, 0.25) is 0 Å². The number of likely N-dealkylation sites (N-methyl/N-ethyl adjacent to an activating group) is 1. The van der Waals surface area contributed by atoms with Crippen LogP contribution in [0.4, 0.5) is 0 Å². The van der Waals surface area contributed by atoms with Crippen LogP contribution in [0.15, 0.2) is 6.20 Å². The average molecular weight is 225 g/mol. The van der Waals surface area contributed by atoms with Gasteiger partial charge in [0.15, 0.2) is 4.77 Å². The van der Waals surface area contributed by atoms with Gasteiger partial charge in [0.05, 0.1) is 0 Å². The lowest BCUT2D eigenvalue weighted by Crippen LogP contribution is -2.32. The summed E-state index contributed by atoms with van der Waals surface area (Å²) < 4.78 is 3.07. The van der Waals surface area contributed by atoms with Gasteiger partial charge in [0.2, 0.25) is 0 Å². The van der Waals surface area contributed by atoms with Crippen LogP contribution in [0, 0.1) is 11.7 Å². The van der Waals surface area contributed by atoms with Gasteiger partial charge in [-0.3, -0.25) is 4.90 Å². The van der Waals surface area contributed by atoms with Gasteiger partial charge in [0.25, 0.3) is 0 Å². The van der Waals surface area contributed by atoms with E-state index in [2.05, 4.69) is 28.3 Å². The highest BCUT2D eigenvalue weighted by Crippen LogP contribution is 2.19. The minimum absolute atomic E-state index is 0.677. The van der Waals surface area contributed by atoms with E-state index in [9.17, 15) is 0 Å². The first-order chi connectivity index (χ1) is 7.22. The standard InChI is InChI=1S/C11H19N3S/c1-3-13-6-4-5-10(13)8-14-9(2)7-12-11(14)15/h7,10H,3-6,8H2,1-2H3,(H,12,15). The number of imidazole rings is 1. The molecule has 1 aliphatic heterocycles. The fraction of sp³-hybridized carbons (Fsp3) is 0.727. The van der Waals surface area contributed by atoms with Crippen LogP contribution in [-0.2, 0) is 6.54 Å². The van der Waals surface area contributed by atoms with Crippen LogP contribution in [0.3, 0.4) is 0 Å². The molecule has 1 unspecified atom stereocenters. The molecular weight excluding hydrogens is 206 g/mol. The van der Waals surface area contributed by atoms with Crippen molar-refractivity contribution in [1.29, 1.82) is 0 Å². The van der Waals surface area contributed by atoms with Crippen LogP contribution in [0.1, 0.15) is 25.5 Å². The van der Waals surface area contributed by atoms with Crippen LogP contribution >= 0.6 is 12.2 Å². The van der Waals surface area contributed by atoms with Crippen LogP contribution in [-0.4, -0.2) is 33.6 Å². The monoisotopic (exact) mass is 225 g/mol. The highest BCUT2D eigenvalue weighted by molar-refractivity contribution is 7.71. The number of nitrogens with zero attached hydrogens (tertiary/aromatic N) is 2. The minimum atomic E-state index is 0.677. The molecular formula is C11H19N3S. The first-order valence-electron chi connectivity index (χ1n) is 5.71. The van der Waals surface area contributed by atoms with E-state index in [1.807, 2.05) is 6.20 Å². The summed E-state index contributed by atoms with van der Waals surface area (Å²) in [5.74, 6) is 0. The first kappa shape index (κ1) is 10.9. The van der Waals surface area contributed by atoms with E-state index in [1.54, 1.807) is 0 Å². The van der Waals surface area contributed by atoms with Crippen molar-refractivity contribution >= 4 is 12.2 Å². The normalized spacial score (nSPS) is 22.4. The van der Waals surface area contributed by atoms with E-state index in [0.29, 0.717) is 6.04 Å². The van der Waals surface area contributed by atoms with Gasteiger partial charge in [0, 0.05) is 24.5 Å². The predicted molar refractivity (Wildman–Crippen MR) is 64.6 cm³/mol. The molecule has 1 aromatic rings. The highest BCUT2D eigenvalue weighted by Gasteiger charge is 2.23. The number of aromatic nitrogens is 2. The van der Waals surface area contributed by atoms with Gasteiger partial charge in [-0.15, -0.1) is 0 Å². The molecule has 1 fully saturated rings. The highest BCUT2D eigenvalue weighted by atomic mass is 32.1. The third-order valence-corrected chi connectivity index (χ3v) is 3.71. The molecule has 1 saturated heterocycles. The number of rotatable bonds is 3. The van der Waals surface area contributed by atoms with Crippen molar-refractivity contribution in [3.8, 4) is 0 Å². The lowest BCUT2D eigenvalue weighted by molar-refractivity contribution is 0.243. The number of hydrogen-bond donors (Lipinski definition) is 1. The number of likely N-dealkylation sites (tertiary alicyclic amines) is 1. The van der Waals surface area contributed by atoms with E-state index in [-0.39, 0.29) is 0 Å². The molecule has 0 spiro atoms. The molecule has 0 saturated carbocycles. The quantitative estimate of drug-likeness (QED) is 0.798. The Labute approximate surface area is 96.1 Å². The van der Waals surface area contributed by atoms with Crippen LogP contribution < -0.4 is 0 Å². The van der Waals surface area contributed by atoms with Gasteiger partial charge in [-0.2, -0.15) is 0 Å². The molecule has 2 heterocycles. The summed E-state index contributed by atoms with van der Waals surface area (Å²) >= 11 is 5.27. The van der Waals surface area contributed by atoms with E-state index >= 15 is 0 Å². The largest absolute Gasteiger partial charge is 0.337 e. The number of nitrogens with one attached hydrogen (secondary N) is 1. The molecule has 15 heavy (non-hydrogen) atoms. The predicted octanol–water partition coefficient (Wildman–Crippen LogP) is 2.34. The number of hydrogen-bond acceptors (Lipinski definition) is 2. The van der Waals surface area contributed by atoms with Crippen molar-refractivity contribution in [2.75, 3.05) is 13.1 Å². The zero-order chi connectivity index (χ0) is 10.8. The Bertz CT molecular complexity index is 379. The molecule has 1 atom stereocenters. The van der Waals surface area contributed by atoms with Crippen molar-refractivity contribution in [2.24, 2.45) is 0 Å². The maximum Gasteiger partial charge on any atom is 0.177 e. The second-order valence-electron chi connectivity index (χ2n) is 4.27. The topological polar surface area (TPSA) is 24.0 Å². The van der Waals surface area contributed by atoms with E-state index in [1.165, 1.54) is 25.1 Å². The summed E-state index contributed by atoms with van der Waals surface area (Å²) in [6, 6.07) is 0.677. The van der Waals surface area contributed by atoms with Gasteiger partial charge in [-0.05, 0) is 45.1 Å². The number of aromatic amines is 1. The second-order valence-corrected chi connectivity index (χ2v) is 4.66. The van der Waals surface area contributed by atoms with Gasteiger partial charge in [-0.25, -0.2) is 0 Å². The molecule has 0 radical (unpaired) electrons. The van der Waals surface area contributed by atoms with Crippen molar-refractivity contribution in [2.45, 2.75) is 39.3 Å². The molecule has 84 valence electrons. The molecule has 0 aromatic carbocycles. The molecule has 0 aliphatic carbocycles. The minimum Gasteiger partial charge on any atom is -0.337 e. The average Bonchev–Trinajstić information content (AvgIpc) is 2.79. The Hall–Kier alpha value is -0.610. The maximum atomic E-state index is 5.27. The zero-order valence-corrected chi connectivity index (χ0v) is 10.3. The lowest BCUT2D eigenvalue weighted by Gasteiger charge is -2.23. The second kappa shape index (κ2) is 4.49.